The van der Waals surface area contributed by atoms with Crippen LogP contribution in [0.25, 0.3) is 6.08 Å². The Balaban J connectivity index is 1.60. The van der Waals surface area contributed by atoms with Gasteiger partial charge in [0.05, 0.1) is 20.8 Å². The minimum Gasteiger partial charge on any atom is -0.490 e. The Labute approximate surface area is 210 Å². The molecule has 0 N–H and O–H groups in total. The summed E-state index contributed by atoms with van der Waals surface area (Å²) in [5.41, 5.74) is 2.71. The lowest BCUT2D eigenvalue weighted by Gasteiger charge is -2.15. The van der Waals surface area contributed by atoms with E-state index >= 15 is 0 Å². The highest BCUT2D eigenvalue weighted by atomic mass is 127. The molecule has 0 spiro atoms. The summed E-state index contributed by atoms with van der Waals surface area (Å²) in [6.07, 6.45) is 1.86. The highest BCUT2D eigenvalue weighted by Gasteiger charge is 2.33. The number of carbonyl (C=O) groups excluding carboxylic acids is 1. The van der Waals surface area contributed by atoms with E-state index in [-0.39, 0.29) is 5.91 Å². The molecule has 162 valence electrons. The van der Waals surface area contributed by atoms with Gasteiger partial charge in [-0.1, -0.05) is 72.5 Å². The Morgan fingerprint density at radius 1 is 1.03 bits per heavy atom. The van der Waals surface area contributed by atoms with Crippen molar-refractivity contribution in [3.63, 3.8) is 0 Å². The summed E-state index contributed by atoms with van der Waals surface area (Å²) < 4.78 is 13.4. The van der Waals surface area contributed by atoms with Crippen LogP contribution in [0.1, 0.15) is 18.1 Å². The number of rotatable bonds is 7. The molecule has 1 heterocycles. The molecule has 3 aromatic rings. The van der Waals surface area contributed by atoms with Gasteiger partial charge in [-0.25, -0.2) is 0 Å². The van der Waals surface area contributed by atoms with Crippen LogP contribution in [0.3, 0.4) is 0 Å². The predicted octanol–water partition coefficient (Wildman–Crippen LogP) is 6.67. The number of ether oxygens (including phenoxy) is 2. The molecule has 0 radical (unpaired) electrons. The largest absolute Gasteiger partial charge is 0.490 e. The minimum atomic E-state index is -0.122. The Morgan fingerprint density at radius 2 is 1.72 bits per heavy atom. The standard InChI is InChI=1S/C25H20INO3S2/c1-2-29-21-14-18(13-20(26)23(21)30-16-17-9-5-3-6-10-17)15-22-24(28)27(25(31)32-22)19-11-7-4-8-12-19/h3-15H,2,16H2,1H3/b22-15+. The van der Waals surface area contributed by atoms with Crippen LogP contribution in [-0.2, 0) is 11.4 Å². The van der Waals surface area contributed by atoms with Gasteiger partial charge in [0.15, 0.2) is 15.8 Å². The zero-order valence-electron chi connectivity index (χ0n) is 17.3. The minimum absolute atomic E-state index is 0.122. The Bertz CT molecular complexity index is 1170. The monoisotopic (exact) mass is 573 g/mol. The number of thiocarbonyl (C=S) groups is 1. The average Bonchev–Trinajstić information content (AvgIpc) is 3.07. The number of thioether (sulfide) groups is 1. The fraction of sp³-hybridized carbons (Fsp3) is 0.120. The van der Waals surface area contributed by atoms with Gasteiger partial charge in [-0.05, 0) is 71.0 Å². The summed E-state index contributed by atoms with van der Waals surface area (Å²) in [6.45, 7) is 2.90. The normalized spacial score (nSPS) is 14.8. The van der Waals surface area contributed by atoms with Gasteiger partial charge in [-0.3, -0.25) is 9.69 Å². The quantitative estimate of drug-likeness (QED) is 0.179. The summed E-state index contributed by atoms with van der Waals surface area (Å²) in [5, 5.41) is 0. The second-order valence-electron chi connectivity index (χ2n) is 6.89. The molecule has 0 bridgehead atoms. The zero-order chi connectivity index (χ0) is 22.5. The van der Waals surface area contributed by atoms with Gasteiger partial charge >= 0.3 is 0 Å². The Hall–Kier alpha value is -2.36. The van der Waals surface area contributed by atoms with E-state index in [9.17, 15) is 4.79 Å². The van der Waals surface area contributed by atoms with Crippen LogP contribution in [0, 0.1) is 3.57 Å². The van der Waals surface area contributed by atoms with Gasteiger partial charge in [0, 0.05) is 0 Å². The first-order valence-corrected chi connectivity index (χ1v) is 12.3. The molecule has 1 aliphatic heterocycles. The van der Waals surface area contributed by atoms with Gasteiger partial charge in [0.2, 0.25) is 0 Å². The fourth-order valence-corrected chi connectivity index (χ4v) is 5.30. The molecule has 0 atom stereocenters. The van der Waals surface area contributed by atoms with E-state index in [0.717, 1.165) is 20.4 Å². The highest BCUT2D eigenvalue weighted by molar-refractivity contribution is 14.1. The summed E-state index contributed by atoms with van der Waals surface area (Å²) in [5.74, 6) is 1.23. The van der Waals surface area contributed by atoms with Gasteiger partial charge in [0.25, 0.3) is 5.91 Å². The molecule has 1 saturated heterocycles. The van der Waals surface area contributed by atoms with E-state index in [1.807, 2.05) is 85.8 Å². The smallest absolute Gasteiger partial charge is 0.270 e. The van der Waals surface area contributed by atoms with Crippen LogP contribution in [0.15, 0.2) is 77.7 Å². The molecule has 4 rings (SSSR count). The van der Waals surface area contributed by atoms with Gasteiger partial charge in [-0.2, -0.15) is 0 Å². The highest BCUT2D eigenvalue weighted by Crippen LogP contribution is 2.39. The number of anilines is 1. The van der Waals surface area contributed by atoms with Crippen molar-refractivity contribution in [3.05, 3.63) is 92.4 Å². The maximum Gasteiger partial charge on any atom is 0.270 e. The van der Waals surface area contributed by atoms with Crippen molar-refractivity contribution in [2.75, 3.05) is 11.5 Å². The summed E-state index contributed by atoms with van der Waals surface area (Å²) in [7, 11) is 0. The van der Waals surface area contributed by atoms with Crippen LogP contribution in [-0.4, -0.2) is 16.8 Å². The third kappa shape index (κ3) is 5.16. The lowest BCUT2D eigenvalue weighted by atomic mass is 10.1. The number of hydrogen-bond acceptors (Lipinski definition) is 5. The van der Waals surface area contributed by atoms with Gasteiger partial charge in [0.1, 0.15) is 6.61 Å². The Morgan fingerprint density at radius 3 is 2.41 bits per heavy atom. The molecule has 32 heavy (non-hydrogen) atoms. The molecule has 0 saturated carbocycles. The van der Waals surface area contributed by atoms with Gasteiger partial charge in [-0.15, -0.1) is 0 Å². The molecule has 1 aliphatic rings. The average molecular weight is 573 g/mol. The number of benzene rings is 3. The molecule has 0 aliphatic carbocycles. The molecule has 1 amide bonds. The van der Waals surface area contributed by atoms with Crippen molar-refractivity contribution in [1.29, 1.82) is 0 Å². The van der Waals surface area contributed by atoms with Crippen LogP contribution >= 0.6 is 46.6 Å². The van der Waals surface area contributed by atoms with Crippen LogP contribution in [0.4, 0.5) is 5.69 Å². The van der Waals surface area contributed by atoms with Crippen molar-refractivity contribution in [2.45, 2.75) is 13.5 Å². The SMILES string of the molecule is CCOc1cc(/C=C2/SC(=S)N(c3ccccc3)C2=O)cc(I)c1OCc1ccccc1. The topological polar surface area (TPSA) is 38.8 Å². The number of carbonyl (C=O) groups is 1. The van der Waals surface area contributed by atoms with Crippen molar-refractivity contribution in [3.8, 4) is 11.5 Å². The fourth-order valence-electron chi connectivity index (χ4n) is 3.22. The molecular formula is C25H20INO3S2. The van der Waals surface area contributed by atoms with Crippen molar-refractivity contribution in [1.82, 2.24) is 0 Å². The second-order valence-corrected chi connectivity index (χ2v) is 9.73. The van der Waals surface area contributed by atoms with Crippen LogP contribution in [0.5, 0.6) is 11.5 Å². The second kappa shape index (κ2) is 10.5. The molecule has 7 heteroatoms. The maximum absolute atomic E-state index is 13.0. The number of amides is 1. The molecule has 3 aromatic carbocycles. The maximum atomic E-state index is 13.0. The van der Waals surface area contributed by atoms with E-state index in [1.54, 1.807) is 4.90 Å². The molecule has 4 nitrogen and oxygen atoms in total. The van der Waals surface area contributed by atoms with E-state index < -0.39 is 0 Å². The van der Waals surface area contributed by atoms with E-state index in [1.165, 1.54) is 11.8 Å². The number of hydrogen-bond donors (Lipinski definition) is 0. The van der Waals surface area contributed by atoms with E-state index in [2.05, 4.69) is 22.6 Å². The third-order valence-electron chi connectivity index (χ3n) is 4.66. The number of para-hydroxylation sites is 1. The lowest BCUT2D eigenvalue weighted by Crippen LogP contribution is -2.27. The van der Waals surface area contributed by atoms with Crippen LogP contribution < -0.4 is 14.4 Å². The number of halogens is 1. The molecule has 0 aromatic heterocycles. The first-order chi connectivity index (χ1) is 15.6. The van der Waals surface area contributed by atoms with E-state index in [4.69, 9.17) is 21.7 Å². The van der Waals surface area contributed by atoms with Crippen molar-refractivity contribution in [2.24, 2.45) is 0 Å². The predicted molar refractivity (Wildman–Crippen MR) is 143 cm³/mol. The Kier molecular flexibility index (Phi) is 7.49. The van der Waals surface area contributed by atoms with E-state index in [0.29, 0.717) is 33.9 Å². The molecule has 0 unspecified atom stereocenters. The van der Waals surface area contributed by atoms with Gasteiger partial charge < -0.3 is 9.47 Å². The molecular weight excluding hydrogens is 553 g/mol. The van der Waals surface area contributed by atoms with Crippen molar-refractivity contribution < 1.29 is 14.3 Å². The summed E-state index contributed by atoms with van der Waals surface area (Å²) >= 11 is 9.01. The van der Waals surface area contributed by atoms with Crippen molar-refractivity contribution >= 4 is 68.6 Å². The zero-order valence-corrected chi connectivity index (χ0v) is 21.1. The third-order valence-corrected chi connectivity index (χ3v) is 6.77. The summed E-state index contributed by atoms with van der Waals surface area (Å²) in [4.78, 5) is 15.2. The first-order valence-electron chi connectivity index (χ1n) is 10.0. The first kappa shape index (κ1) is 22.8. The van der Waals surface area contributed by atoms with Crippen LogP contribution in [0.2, 0.25) is 0 Å². The molecule has 1 fully saturated rings. The lowest BCUT2D eigenvalue weighted by molar-refractivity contribution is -0.113. The summed E-state index contributed by atoms with van der Waals surface area (Å²) in [6, 6.07) is 23.3. The number of nitrogens with zero attached hydrogens (tertiary/aromatic N) is 1.